The first kappa shape index (κ1) is 13.5. The zero-order chi connectivity index (χ0) is 12.8. The zero-order valence-electron chi connectivity index (χ0n) is 9.62. The Bertz CT molecular complexity index is 466. The largest absolute Gasteiger partial charge is 0.495 e. The highest BCUT2D eigenvalue weighted by molar-refractivity contribution is 9.10. The summed E-state index contributed by atoms with van der Waals surface area (Å²) >= 11 is 3.32. The first-order valence-electron chi connectivity index (χ1n) is 4.95. The summed E-state index contributed by atoms with van der Waals surface area (Å²) in [5, 5.41) is 8.98. The minimum atomic E-state index is -0.287. The summed E-state index contributed by atoms with van der Waals surface area (Å²) in [5.74, 6) is 0.227. The Morgan fingerprint density at radius 1 is 1.47 bits per heavy atom. The predicted octanol–water partition coefficient (Wildman–Crippen LogP) is 2.43. The fraction of sp³-hybridized carbons (Fsp3) is 0.333. The highest BCUT2D eigenvalue weighted by Gasteiger charge is 2.12. The van der Waals surface area contributed by atoms with E-state index < -0.39 is 0 Å². The highest BCUT2D eigenvalue weighted by Crippen LogP contribution is 2.28. The Labute approximate surface area is 108 Å². The van der Waals surface area contributed by atoms with Crippen LogP contribution in [0.4, 0.5) is 0 Å². The van der Waals surface area contributed by atoms with E-state index in [0.717, 1.165) is 10.0 Å². The number of halogens is 1. The fourth-order valence-electron chi connectivity index (χ4n) is 1.50. The third kappa shape index (κ3) is 3.46. The third-order valence-electron chi connectivity index (χ3n) is 2.28. The van der Waals surface area contributed by atoms with Crippen molar-refractivity contribution in [3.63, 3.8) is 0 Å². The number of nitrogens with zero attached hydrogens (tertiary/aromatic N) is 1. The summed E-state index contributed by atoms with van der Waals surface area (Å²) in [6.45, 7) is 0. The molecule has 0 amide bonds. The average Bonchev–Trinajstić information content (AvgIpc) is 2.34. The Hall–Kier alpha value is -1.54. The molecule has 1 aromatic carbocycles. The summed E-state index contributed by atoms with van der Waals surface area (Å²) in [6, 6.07) is 5.58. The van der Waals surface area contributed by atoms with Gasteiger partial charge >= 0.3 is 5.97 Å². The van der Waals surface area contributed by atoms with E-state index in [1.54, 1.807) is 6.07 Å². The lowest BCUT2D eigenvalue weighted by Gasteiger charge is -2.10. The number of aryl methyl sites for hydroxylation is 1. The van der Waals surface area contributed by atoms with Crippen molar-refractivity contribution in [2.24, 2.45) is 0 Å². The molecule has 0 aromatic heterocycles. The summed E-state index contributed by atoms with van der Waals surface area (Å²) in [7, 11) is 2.85. The normalized spacial score (nSPS) is 9.53. The lowest BCUT2D eigenvalue weighted by atomic mass is 10.0. The molecule has 0 bridgehead atoms. The molecule has 0 unspecified atom stereocenters. The lowest BCUT2D eigenvalue weighted by molar-refractivity contribution is -0.140. The molecule has 0 aliphatic carbocycles. The summed E-state index contributed by atoms with van der Waals surface area (Å²) in [4.78, 5) is 11.1. The van der Waals surface area contributed by atoms with E-state index in [0.29, 0.717) is 17.7 Å². The van der Waals surface area contributed by atoms with Crippen LogP contribution in [-0.4, -0.2) is 20.2 Å². The molecular formula is C12H12BrNO3. The quantitative estimate of drug-likeness (QED) is 0.801. The minimum Gasteiger partial charge on any atom is -0.495 e. The van der Waals surface area contributed by atoms with Gasteiger partial charge in [-0.3, -0.25) is 4.79 Å². The SMILES string of the molecule is COC(=O)CCc1cc(Br)cc(C#N)c1OC. The molecule has 0 saturated heterocycles. The second kappa shape index (κ2) is 6.26. The first-order chi connectivity index (χ1) is 8.12. The van der Waals surface area contributed by atoms with E-state index >= 15 is 0 Å². The van der Waals surface area contributed by atoms with Gasteiger partial charge in [0.05, 0.1) is 19.8 Å². The maximum Gasteiger partial charge on any atom is 0.305 e. The van der Waals surface area contributed by atoms with Crippen molar-refractivity contribution in [2.45, 2.75) is 12.8 Å². The van der Waals surface area contributed by atoms with Crippen LogP contribution in [0.1, 0.15) is 17.5 Å². The molecule has 0 radical (unpaired) electrons. The zero-order valence-corrected chi connectivity index (χ0v) is 11.2. The smallest absolute Gasteiger partial charge is 0.305 e. The first-order valence-corrected chi connectivity index (χ1v) is 5.75. The van der Waals surface area contributed by atoms with Gasteiger partial charge in [-0.15, -0.1) is 0 Å². The average molecular weight is 298 g/mol. The van der Waals surface area contributed by atoms with Crippen LogP contribution < -0.4 is 4.74 Å². The number of nitriles is 1. The van der Waals surface area contributed by atoms with Gasteiger partial charge in [-0.1, -0.05) is 15.9 Å². The van der Waals surface area contributed by atoms with Crippen LogP contribution in [0.25, 0.3) is 0 Å². The van der Waals surface area contributed by atoms with Crippen LogP contribution in [-0.2, 0) is 16.0 Å². The van der Waals surface area contributed by atoms with Crippen molar-refractivity contribution in [3.8, 4) is 11.8 Å². The van der Waals surface area contributed by atoms with Gasteiger partial charge in [0, 0.05) is 10.9 Å². The number of methoxy groups -OCH3 is 2. The number of carbonyl (C=O) groups is 1. The molecule has 0 heterocycles. The molecule has 5 heteroatoms. The van der Waals surface area contributed by atoms with Gasteiger partial charge in [0.2, 0.25) is 0 Å². The molecule has 0 spiro atoms. The molecule has 0 aliphatic heterocycles. The van der Waals surface area contributed by atoms with E-state index in [4.69, 9.17) is 10.00 Å². The van der Waals surface area contributed by atoms with Gasteiger partial charge in [0.15, 0.2) is 0 Å². The van der Waals surface area contributed by atoms with E-state index in [9.17, 15) is 4.79 Å². The molecule has 0 fully saturated rings. The van der Waals surface area contributed by atoms with Crippen LogP contribution in [0.3, 0.4) is 0 Å². The maximum atomic E-state index is 11.1. The number of benzene rings is 1. The van der Waals surface area contributed by atoms with Gasteiger partial charge in [-0.2, -0.15) is 5.26 Å². The van der Waals surface area contributed by atoms with Gasteiger partial charge in [-0.25, -0.2) is 0 Å². The Morgan fingerprint density at radius 2 is 2.18 bits per heavy atom. The van der Waals surface area contributed by atoms with Gasteiger partial charge in [0.1, 0.15) is 11.8 Å². The predicted molar refractivity (Wildman–Crippen MR) is 65.7 cm³/mol. The van der Waals surface area contributed by atoms with Crippen LogP contribution in [0.15, 0.2) is 16.6 Å². The second-order valence-electron chi connectivity index (χ2n) is 3.33. The minimum absolute atomic E-state index is 0.258. The number of carbonyl (C=O) groups excluding carboxylic acids is 1. The van der Waals surface area contributed by atoms with Crippen LogP contribution in [0, 0.1) is 11.3 Å². The van der Waals surface area contributed by atoms with E-state index in [1.807, 2.05) is 6.07 Å². The van der Waals surface area contributed by atoms with Crippen LogP contribution in [0.5, 0.6) is 5.75 Å². The van der Waals surface area contributed by atoms with Crippen molar-refractivity contribution in [2.75, 3.05) is 14.2 Å². The molecule has 0 saturated carbocycles. The molecule has 1 aromatic rings. The monoisotopic (exact) mass is 297 g/mol. The van der Waals surface area contributed by atoms with Gasteiger partial charge < -0.3 is 9.47 Å². The summed E-state index contributed by atoms with van der Waals surface area (Å²) < 4.78 is 10.6. The second-order valence-corrected chi connectivity index (χ2v) is 4.25. The van der Waals surface area contributed by atoms with Gasteiger partial charge in [0.25, 0.3) is 0 Å². The Morgan fingerprint density at radius 3 is 2.71 bits per heavy atom. The van der Waals surface area contributed by atoms with E-state index in [1.165, 1.54) is 14.2 Å². The maximum absolute atomic E-state index is 11.1. The van der Waals surface area contributed by atoms with Crippen molar-refractivity contribution in [1.29, 1.82) is 5.26 Å². The summed E-state index contributed by atoms with van der Waals surface area (Å²) in [5.41, 5.74) is 1.26. The molecule has 0 atom stereocenters. The molecule has 90 valence electrons. The number of esters is 1. The standard InChI is InChI=1S/C12H12BrNO3/c1-16-11(15)4-3-8-5-10(13)6-9(7-14)12(8)17-2/h5-6H,3-4H2,1-2H3. The number of hydrogen-bond acceptors (Lipinski definition) is 4. The number of ether oxygens (including phenoxy) is 2. The Balaban J connectivity index is 3.01. The molecule has 17 heavy (non-hydrogen) atoms. The molecule has 0 aliphatic rings. The van der Waals surface area contributed by atoms with Crippen LogP contribution in [0.2, 0.25) is 0 Å². The van der Waals surface area contributed by atoms with Crippen molar-refractivity contribution in [1.82, 2.24) is 0 Å². The lowest BCUT2D eigenvalue weighted by Crippen LogP contribution is -2.03. The van der Waals surface area contributed by atoms with Gasteiger partial charge in [-0.05, 0) is 24.1 Å². The highest BCUT2D eigenvalue weighted by atomic mass is 79.9. The molecular weight excluding hydrogens is 286 g/mol. The summed E-state index contributed by atoms with van der Waals surface area (Å²) in [6.07, 6.45) is 0.734. The van der Waals surface area contributed by atoms with E-state index in [2.05, 4.69) is 26.7 Å². The van der Waals surface area contributed by atoms with Crippen molar-refractivity contribution in [3.05, 3.63) is 27.7 Å². The van der Waals surface area contributed by atoms with Crippen molar-refractivity contribution >= 4 is 21.9 Å². The molecule has 1 rings (SSSR count). The van der Waals surface area contributed by atoms with E-state index in [-0.39, 0.29) is 12.4 Å². The fourth-order valence-corrected chi connectivity index (χ4v) is 2.00. The molecule has 4 nitrogen and oxygen atoms in total. The van der Waals surface area contributed by atoms with Crippen LogP contribution >= 0.6 is 15.9 Å². The molecule has 0 N–H and O–H groups in total. The Kier molecular flexibility index (Phi) is 4.98. The third-order valence-corrected chi connectivity index (χ3v) is 2.74. The van der Waals surface area contributed by atoms with Crippen molar-refractivity contribution < 1.29 is 14.3 Å². The number of hydrogen-bond donors (Lipinski definition) is 0. The topological polar surface area (TPSA) is 59.3 Å². The number of rotatable bonds is 4.